The lowest BCUT2D eigenvalue weighted by Gasteiger charge is -2.23. The van der Waals surface area contributed by atoms with Crippen molar-refractivity contribution in [3.63, 3.8) is 0 Å². The summed E-state index contributed by atoms with van der Waals surface area (Å²) in [5.74, 6) is -0.714. The van der Waals surface area contributed by atoms with Gasteiger partial charge in [-0.3, -0.25) is 9.59 Å². The van der Waals surface area contributed by atoms with Crippen LogP contribution in [0.1, 0.15) is 66.7 Å². The monoisotopic (exact) mass is 344 g/mol. The molecule has 0 unspecified atom stereocenters. The van der Waals surface area contributed by atoms with E-state index in [2.05, 4.69) is 17.6 Å². The van der Waals surface area contributed by atoms with Gasteiger partial charge in [0.2, 0.25) is 5.91 Å². The van der Waals surface area contributed by atoms with E-state index in [1.165, 1.54) is 0 Å². The highest BCUT2D eigenvalue weighted by molar-refractivity contribution is 5.86. The van der Waals surface area contributed by atoms with Crippen molar-refractivity contribution in [2.75, 3.05) is 13.2 Å². The molecule has 7 heteroatoms. The van der Waals surface area contributed by atoms with Crippen LogP contribution in [0.4, 0.5) is 4.79 Å². The van der Waals surface area contributed by atoms with Gasteiger partial charge < -0.3 is 20.1 Å². The molecule has 0 spiro atoms. The van der Waals surface area contributed by atoms with Crippen LogP contribution in [-0.4, -0.2) is 42.8 Å². The Bertz CT molecular complexity index is 404. The van der Waals surface area contributed by atoms with E-state index in [0.717, 1.165) is 19.3 Å². The maximum Gasteiger partial charge on any atom is 0.408 e. The van der Waals surface area contributed by atoms with E-state index < -0.39 is 23.7 Å². The molecule has 7 nitrogen and oxygen atoms in total. The smallest absolute Gasteiger partial charge is 0.408 e. The van der Waals surface area contributed by atoms with Crippen LogP contribution in [0.15, 0.2) is 0 Å². The van der Waals surface area contributed by atoms with Gasteiger partial charge in [-0.25, -0.2) is 4.79 Å². The second kappa shape index (κ2) is 11.7. The maximum absolute atomic E-state index is 12.2. The first-order chi connectivity index (χ1) is 11.2. The van der Waals surface area contributed by atoms with Crippen molar-refractivity contribution in [2.45, 2.75) is 78.4 Å². The van der Waals surface area contributed by atoms with Gasteiger partial charge in [-0.1, -0.05) is 19.8 Å². The summed E-state index contributed by atoms with van der Waals surface area (Å²) in [7, 11) is 0. The number of carbonyl (C=O) groups is 3. The van der Waals surface area contributed by atoms with Crippen LogP contribution in [0.2, 0.25) is 0 Å². The fourth-order valence-corrected chi connectivity index (χ4v) is 1.92. The predicted octanol–water partition coefficient (Wildman–Crippen LogP) is 2.53. The van der Waals surface area contributed by atoms with E-state index in [1.54, 1.807) is 27.7 Å². The molecule has 0 rings (SSSR count). The topological polar surface area (TPSA) is 93.7 Å². The van der Waals surface area contributed by atoms with Crippen LogP contribution in [0.5, 0.6) is 0 Å². The van der Waals surface area contributed by atoms with Gasteiger partial charge in [0, 0.05) is 13.0 Å². The zero-order valence-electron chi connectivity index (χ0n) is 15.6. The summed E-state index contributed by atoms with van der Waals surface area (Å²) in [6.45, 7) is 9.84. The molecule has 0 radical (unpaired) electrons. The first-order valence-corrected chi connectivity index (χ1v) is 8.62. The van der Waals surface area contributed by atoms with Crippen molar-refractivity contribution in [2.24, 2.45) is 0 Å². The number of hydrogen-bond donors (Lipinski definition) is 2. The first-order valence-electron chi connectivity index (χ1n) is 8.62. The maximum atomic E-state index is 12.2. The van der Waals surface area contributed by atoms with Crippen molar-refractivity contribution in [1.82, 2.24) is 10.6 Å². The van der Waals surface area contributed by atoms with Crippen molar-refractivity contribution in [1.29, 1.82) is 0 Å². The van der Waals surface area contributed by atoms with Crippen LogP contribution in [0, 0.1) is 0 Å². The summed E-state index contributed by atoms with van der Waals surface area (Å²) in [6.07, 6.45) is 2.49. The average molecular weight is 344 g/mol. The Labute approximate surface area is 144 Å². The van der Waals surface area contributed by atoms with Gasteiger partial charge in [0.1, 0.15) is 11.6 Å². The van der Waals surface area contributed by atoms with Gasteiger partial charge in [0.25, 0.3) is 0 Å². The van der Waals surface area contributed by atoms with E-state index in [4.69, 9.17) is 9.47 Å². The number of nitrogens with one attached hydrogen (secondary N) is 2. The average Bonchev–Trinajstić information content (AvgIpc) is 2.46. The summed E-state index contributed by atoms with van der Waals surface area (Å²) < 4.78 is 10.0. The van der Waals surface area contributed by atoms with E-state index in [0.29, 0.717) is 6.54 Å². The van der Waals surface area contributed by atoms with Crippen LogP contribution < -0.4 is 10.6 Å². The van der Waals surface area contributed by atoms with Crippen molar-refractivity contribution >= 4 is 18.0 Å². The highest BCUT2D eigenvalue weighted by Gasteiger charge is 2.25. The number of carbonyl (C=O) groups excluding carboxylic acids is 3. The molecule has 2 N–H and O–H groups in total. The van der Waals surface area contributed by atoms with E-state index in [9.17, 15) is 14.4 Å². The predicted molar refractivity (Wildman–Crippen MR) is 91.6 cm³/mol. The molecule has 1 atom stereocenters. The lowest BCUT2D eigenvalue weighted by atomic mass is 10.1. The molecular weight excluding hydrogens is 312 g/mol. The third kappa shape index (κ3) is 11.7. The number of unbranched alkanes of at least 4 members (excludes halogenated alkanes) is 2. The summed E-state index contributed by atoms with van der Waals surface area (Å²) in [5, 5.41) is 5.31. The van der Waals surface area contributed by atoms with Crippen LogP contribution >= 0.6 is 0 Å². The highest BCUT2D eigenvalue weighted by atomic mass is 16.6. The van der Waals surface area contributed by atoms with Gasteiger partial charge in [0.05, 0.1) is 6.61 Å². The molecule has 0 aromatic rings. The molecule has 0 fully saturated rings. The van der Waals surface area contributed by atoms with Gasteiger partial charge in [-0.15, -0.1) is 0 Å². The van der Waals surface area contributed by atoms with E-state index >= 15 is 0 Å². The molecule has 0 saturated heterocycles. The zero-order chi connectivity index (χ0) is 18.6. The second-order valence-corrected chi connectivity index (χ2v) is 6.54. The minimum Gasteiger partial charge on any atom is -0.466 e. The third-order valence-electron chi connectivity index (χ3n) is 3.03. The Morgan fingerprint density at radius 1 is 1.08 bits per heavy atom. The normalized spacial score (nSPS) is 12.2. The Kier molecular flexibility index (Phi) is 10.8. The molecule has 0 aliphatic carbocycles. The number of rotatable bonds is 10. The van der Waals surface area contributed by atoms with Gasteiger partial charge in [-0.2, -0.15) is 0 Å². The molecule has 2 amide bonds. The molecule has 0 aromatic heterocycles. The number of esters is 1. The lowest BCUT2D eigenvalue weighted by Crippen LogP contribution is -2.48. The van der Waals surface area contributed by atoms with Gasteiger partial charge in [0.15, 0.2) is 0 Å². The highest BCUT2D eigenvalue weighted by Crippen LogP contribution is 2.08. The third-order valence-corrected chi connectivity index (χ3v) is 3.03. The SMILES string of the molecule is CCCCCNC(=O)[C@@H](CCC(=O)OCC)NC(=O)OC(C)(C)C. The zero-order valence-corrected chi connectivity index (χ0v) is 15.6. The number of ether oxygens (including phenoxy) is 2. The van der Waals surface area contributed by atoms with Crippen LogP contribution in [0.3, 0.4) is 0 Å². The fourth-order valence-electron chi connectivity index (χ4n) is 1.92. The number of amides is 2. The molecule has 0 aliphatic heterocycles. The molecule has 0 aromatic carbocycles. The van der Waals surface area contributed by atoms with Crippen molar-refractivity contribution in [3.8, 4) is 0 Å². The lowest BCUT2D eigenvalue weighted by molar-refractivity contribution is -0.143. The van der Waals surface area contributed by atoms with Gasteiger partial charge in [-0.05, 0) is 40.5 Å². The molecule has 0 saturated carbocycles. The largest absolute Gasteiger partial charge is 0.466 e. The van der Waals surface area contributed by atoms with Crippen LogP contribution in [-0.2, 0) is 19.1 Å². The molecule has 0 heterocycles. The molecule has 140 valence electrons. The Morgan fingerprint density at radius 3 is 2.29 bits per heavy atom. The molecular formula is C17H32N2O5. The molecule has 24 heavy (non-hydrogen) atoms. The quantitative estimate of drug-likeness (QED) is 0.469. The van der Waals surface area contributed by atoms with Crippen LogP contribution in [0.25, 0.3) is 0 Å². The summed E-state index contributed by atoms with van der Waals surface area (Å²) >= 11 is 0. The summed E-state index contributed by atoms with van der Waals surface area (Å²) in [6, 6.07) is -0.828. The summed E-state index contributed by atoms with van der Waals surface area (Å²) in [5.41, 5.74) is -0.659. The Morgan fingerprint density at radius 2 is 1.75 bits per heavy atom. The minimum absolute atomic E-state index is 0.0523. The van der Waals surface area contributed by atoms with E-state index in [-0.39, 0.29) is 25.4 Å². The Hall–Kier alpha value is -1.79. The van der Waals surface area contributed by atoms with E-state index in [1.807, 2.05) is 0 Å². The molecule has 0 aliphatic rings. The van der Waals surface area contributed by atoms with Crippen molar-refractivity contribution < 1.29 is 23.9 Å². The Balaban J connectivity index is 4.60. The molecule has 0 bridgehead atoms. The minimum atomic E-state index is -0.828. The summed E-state index contributed by atoms with van der Waals surface area (Å²) in [4.78, 5) is 35.6. The van der Waals surface area contributed by atoms with Crippen molar-refractivity contribution in [3.05, 3.63) is 0 Å². The number of alkyl carbamates (subject to hydrolysis) is 1. The fraction of sp³-hybridized carbons (Fsp3) is 0.824. The number of hydrogen-bond acceptors (Lipinski definition) is 5. The standard InChI is InChI=1S/C17H32N2O5/c1-6-8-9-12-18-15(21)13(10-11-14(20)23-7-2)19-16(22)24-17(3,4)5/h13H,6-12H2,1-5H3,(H,18,21)(H,19,22)/t13-/m1/s1. The second-order valence-electron chi connectivity index (χ2n) is 6.54. The van der Waals surface area contributed by atoms with Gasteiger partial charge >= 0.3 is 12.1 Å². The first kappa shape index (κ1) is 22.2.